The van der Waals surface area contributed by atoms with Crippen LogP contribution < -0.4 is 0 Å². The lowest BCUT2D eigenvalue weighted by molar-refractivity contribution is 0.289. The highest BCUT2D eigenvalue weighted by Crippen LogP contribution is 2.14. The third kappa shape index (κ3) is 5.21. The second-order valence-corrected chi connectivity index (χ2v) is 2.77. The van der Waals surface area contributed by atoms with Crippen LogP contribution in [0.4, 0.5) is 0 Å². The fourth-order valence-electron chi connectivity index (χ4n) is 1.03. The third-order valence-corrected chi connectivity index (χ3v) is 1.77. The molecule has 0 amide bonds. The van der Waals surface area contributed by atoms with E-state index in [-0.39, 0.29) is 6.61 Å². The van der Waals surface area contributed by atoms with Crippen molar-refractivity contribution in [3.63, 3.8) is 0 Å². The summed E-state index contributed by atoms with van der Waals surface area (Å²) in [4.78, 5) is 0. The summed E-state index contributed by atoms with van der Waals surface area (Å²) < 4.78 is 0. The lowest BCUT2D eigenvalue weighted by atomic mass is 10.0. The molecule has 0 aromatic heterocycles. The van der Waals surface area contributed by atoms with Gasteiger partial charge < -0.3 is 5.11 Å². The van der Waals surface area contributed by atoms with Crippen molar-refractivity contribution in [2.24, 2.45) is 0 Å². The van der Waals surface area contributed by atoms with Crippen molar-refractivity contribution in [2.45, 2.75) is 19.8 Å². The Hall–Kier alpha value is -1.08. The molecule has 1 nitrogen and oxygen atoms in total. The summed E-state index contributed by atoms with van der Waals surface area (Å²) in [6.45, 7) is 9.76. The molecular formula is C12H18O. The molecule has 0 aromatic carbocycles. The van der Waals surface area contributed by atoms with E-state index in [0.29, 0.717) is 0 Å². The topological polar surface area (TPSA) is 20.2 Å². The Kier molecular flexibility index (Phi) is 6.93. The first-order valence-electron chi connectivity index (χ1n) is 4.50. The molecule has 0 heterocycles. The van der Waals surface area contributed by atoms with E-state index in [4.69, 9.17) is 5.11 Å². The Bertz CT molecular complexity index is 221. The number of allylic oxidation sites excluding steroid dienone is 6. The van der Waals surface area contributed by atoms with Gasteiger partial charge in [0.15, 0.2) is 0 Å². The highest BCUT2D eigenvalue weighted by Gasteiger charge is 1.96. The van der Waals surface area contributed by atoms with Gasteiger partial charge in [0.25, 0.3) is 0 Å². The van der Waals surface area contributed by atoms with Crippen molar-refractivity contribution in [1.29, 1.82) is 0 Å². The average molecular weight is 178 g/mol. The van der Waals surface area contributed by atoms with E-state index in [0.717, 1.165) is 24.0 Å². The zero-order chi connectivity index (χ0) is 10.1. The van der Waals surface area contributed by atoms with E-state index in [9.17, 15) is 0 Å². The van der Waals surface area contributed by atoms with Crippen LogP contribution in [0, 0.1) is 0 Å². The van der Waals surface area contributed by atoms with Crippen LogP contribution in [0.5, 0.6) is 0 Å². The van der Waals surface area contributed by atoms with Gasteiger partial charge >= 0.3 is 0 Å². The number of rotatable bonds is 6. The summed E-state index contributed by atoms with van der Waals surface area (Å²) in [5.74, 6) is 0. The van der Waals surface area contributed by atoms with Crippen LogP contribution in [0.3, 0.4) is 0 Å². The number of aliphatic hydroxyl groups is 1. The van der Waals surface area contributed by atoms with Gasteiger partial charge in [-0.2, -0.15) is 0 Å². The summed E-state index contributed by atoms with van der Waals surface area (Å²) in [6.07, 6.45) is 9.24. The van der Waals surface area contributed by atoms with Gasteiger partial charge in [-0.15, -0.1) is 0 Å². The van der Waals surface area contributed by atoms with Gasteiger partial charge in [0, 0.05) is 6.61 Å². The molecule has 1 N–H and O–H groups in total. The Labute approximate surface area is 80.8 Å². The first kappa shape index (κ1) is 11.9. The zero-order valence-electron chi connectivity index (χ0n) is 8.29. The smallest absolute Gasteiger partial charge is 0.0434 e. The van der Waals surface area contributed by atoms with E-state index < -0.39 is 0 Å². The molecule has 0 bridgehead atoms. The lowest BCUT2D eigenvalue weighted by Crippen LogP contribution is -1.88. The second-order valence-electron chi connectivity index (χ2n) is 2.77. The average Bonchev–Trinajstić information content (AvgIpc) is 2.16. The highest BCUT2D eigenvalue weighted by molar-refractivity contribution is 5.38. The maximum atomic E-state index is 8.65. The van der Waals surface area contributed by atoms with Gasteiger partial charge in [0.2, 0.25) is 0 Å². The van der Waals surface area contributed by atoms with Crippen LogP contribution in [0.25, 0.3) is 0 Å². The molecule has 0 saturated carbocycles. The SMILES string of the molecule is C=C/C=C\C(=C/C)C(=C)CCCO. The maximum absolute atomic E-state index is 8.65. The molecule has 0 unspecified atom stereocenters. The molecule has 0 atom stereocenters. The van der Waals surface area contributed by atoms with Crippen molar-refractivity contribution in [3.8, 4) is 0 Å². The number of hydrogen-bond acceptors (Lipinski definition) is 1. The molecule has 0 radical (unpaired) electrons. The first-order chi connectivity index (χ1) is 6.26. The Balaban J connectivity index is 4.17. The predicted octanol–water partition coefficient (Wildman–Crippen LogP) is 3.00. The Morgan fingerprint density at radius 2 is 2.15 bits per heavy atom. The molecule has 0 aliphatic rings. The van der Waals surface area contributed by atoms with Crippen molar-refractivity contribution < 1.29 is 5.11 Å². The van der Waals surface area contributed by atoms with Gasteiger partial charge in [-0.05, 0) is 30.9 Å². The van der Waals surface area contributed by atoms with Crippen molar-refractivity contribution >= 4 is 0 Å². The number of aliphatic hydroxyl groups excluding tert-OH is 1. The molecule has 0 saturated heterocycles. The van der Waals surface area contributed by atoms with Crippen LogP contribution in [0.15, 0.2) is 48.6 Å². The molecule has 0 aliphatic heterocycles. The van der Waals surface area contributed by atoms with Crippen LogP contribution in [-0.4, -0.2) is 11.7 Å². The fourth-order valence-corrected chi connectivity index (χ4v) is 1.03. The molecule has 0 aromatic rings. The van der Waals surface area contributed by atoms with E-state index in [2.05, 4.69) is 13.2 Å². The predicted molar refractivity (Wildman–Crippen MR) is 58.6 cm³/mol. The molecule has 1 heteroatoms. The molecular weight excluding hydrogens is 160 g/mol. The molecule has 0 spiro atoms. The van der Waals surface area contributed by atoms with Crippen LogP contribution in [-0.2, 0) is 0 Å². The summed E-state index contributed by atoms with van der Waals surface area (Å²) in [5.41, 5.74) is 2.18. The molecule has 72 valence electrons. The monoisotopic (exact) mass is 178 g/mol. The van der Waals surface area contributed by atoms with Crippen molar-refractivity contribution in [3.05, 3.63) is 48.6 Å². The summed E-state index contributed by atoms with van der Waals surface area (Å²) in [7, 11) is 0. The van der Waals surface area contributed by atoms with Crippen LogP contribution in [0.2, 0.25) is 0 Å². The van der Waals surface area contributed by atoms with E-state index >= 15 is 0 Å². The maximum Gasteiger partial charge on any atom is 0.0434 e. The quantitative estimate of drug-likeness (QED) is 0.620. The molecule has 13 heavy (non-hydrogen) atoms. The highest BCUT2D eigenvalue weighted by atomic mass is 16.2. The van der Waals surface area contributed by atoms with Crippen molar-refractivity contribution in [2.75, 3.05) is 6.61 Å². The van der Waals surface area contributed by atoms with E-state index in [1.165, 1.54) is 0 Å². The third-order valence-electron chi connectivity index (χ3n) is 1.77. The Morgan fingerprint density at radius 1 is 1.46 bits per heavy atom. The van der Waals surface area contributed by atoms with Gasteiger partial charge in [0.1, 0.15) is 0 Å². The minimum Gasteiger partial charge on any atom is -0.396 e. The minimum atomic E-state index is 0.223. The minimum absolute atomic E-state index is 0.223. The molecule has 0 rings (SSSR count). The normalized spacial score (nSPS) is 12.0. The summed E-state index contributed by atoms with van der Waals surface area (Å²) in [5, 5.41) is 8.65. The fraction of sp³-hybridized carbons (Fsp3) is 0.333. The standard InChI is InChI=1S/C12H18O/c1-4-6-9-12(5-2)11(3)8-7-10-13/h4-6,9,13H,1,3,7-8,10H2,2H3/b9-6-,12-5+. The number of hydrogen-bond donors (Lipinski definition) is 1. The van der Waals surface area contributed by atoms with E-state index in [1.807, 2.05) is 25.2 Å². The van der Waals surface area contributed by atoms with Gasteiger partial charge in [-0.25, -0.2) is 0 Å². The van der Waals surface area contributed by atoms with Crippen LogP contribution in [0.1, 0.15) is 19.8 Å². The van der Waals surface area contributed by atoms with Crippen molar-refractivity contribution in [1.82, 2.24) is 0 Å². The zero-order valence-corrected chi connectivity index (χ0v) is 8.29. The Morgan fingerprint density at radius 3 is 2.62 bits per heavy atom. The van der Waals surface area contributed by atoms with Gasteiger partial charge in [-0.3, -0.25) is 0 Å². The second kappa shape index (κ2) is 7.56. The van der Waals surface area contributed by atoms with Gasteiger partial charge in [0.05, 0.1) is 0 Å². The molecule has 0 fully saturated rings. The van der Waals surface area contributed by atoms with Gasteiger partial charge in [-0.1, -0.05) is 37.5 Å². The lowest BCUT2D eigenvalue weighted by Gasteiger charge is -2.04. The summed E-state index contributed by atoms with van der Waals surface area (Å²) in [6, 6.07) is 0. The molecule has 0 aliphatic carbocycles. The summed E-state index contributed by atoms with van der Waals surface area (Å²) >= 11 is 0. The van der Waals surface area contributed by atoms with E-state index in [1.54, 1.807) is 6.08 Å². The first-order valence-corrected chi connectivity index (χ1v) is 4.50. The largest absolute Gasteiger partial charge is 0.396 e. The van der Waals surface area contributed by atoms with Crippen LogP contribution >= 0.6 is 0 Å².